The number of Topliss-reactive ketones (excluding diaryl/α,β-unsaturated/α-hetero) is 1. The van der Waals surface area contributed by atoms with Crippen LogP contribution in [0.5, 0.6) is 17.2 Å². The molecule has 4 aromatic rings. The molecule has 0 fully saturated rings. The molecule has 4 aromatic carbocycles. The number of hydrogen-bond acceptors (Lipinski definition) is 4. The summed E-state index contributed by atoms with van der Waals surface area (Å²) in [4.78, 5) is 28.1. The SMILES string of the molecule is COc1ccc(Oc2ccc(N3C(=O)c4ccccc4C3CC(=O)c3ccccc3)cc2)cc1. The van der Waals surface area contributed by atoms with Crippen molar-refractivity contribution in [3.05, 3.63) is 120 Å². The summed E-state index contributed by atoms with van der Waals surface area (Å²) in [6, 6.07) is 31.0. The molecule has 1 atom stereocenters. The molecule has 1 unspecified atom stereocenters. The lowest BCUT2D eigenvalue weighted by Crippen LogP contribution is -2.29. The number of carbonyl (C=O) groups is 2. The number of anilines is 1. The number of methoxy groups -OCH3 is 1. The highest BCUT2D eigenvalue weighted by Crippen LogP contribution is 2.40. The maximum Gasteiger partial charge on any atom is 0.259 e. The van der Waals surface area contributed by atoms with Gasteiger partial charge in [-0.3, -0.25) is 9.59 Å². The van der Waals surface area contributed by atoms with Gasteiger partial charge in [-0.05, 0) is 60.2 Å². The number of carbonyl (C=O) groups excluding carboxylic acids is 2. The first-order valence-electron chi connectivity index (χ1n) is 11.1. The monoisotopic (exact) mass is 449 g/mol. The van der Waals surface area contributed by atoms with Crippen LogP contribution in [0, 0.1) is 0 Å². The van der Waals surface area contributed by atoms with Crippen LogP contribution in [-0.2, 0) is 0 Å². The summed E-state index contributed by atoms with van der Waals surface area (Å²) in [5.41, 5.74) is 2.86. The van der Waals surface area contributed by atoms with E-state index in [4.69, 9.17) is 9.47 Å². The van der Waals surface area contributed by atoms with E-state index < -0.39 is 0 Å². The van der Waals surface area contributed by atoms with Gasteiger partial charge in [0.05, 0.1) is 13.2 Å². The molecule has 1 aliphatic heterocycles. The van der Waals surface area contributed by atoms with E-state index in [-0.39, 0.29) is 24.2 Å². The molecule has 34 heavy (non-hydrogen) atoms. The summed E-state index contributed by atoms with van der Waals surface area (Å²) < 4.78 is 11.1. The van der Waals surface area contributed by atoms with Crippen molar-refractivity contribution in [3.8, 4) is 17.2 Å². The second-order valence-corrected chi connectivity index (χ2v) is 8.04. The molecule has 1 aliphatic rings. The summed E-state index contributed by atoms with van der Waals surface area (Å²) in [6.45, 7) is 0. The maximum absolute atomic E-state index is 13.3. The molecule has 5 nitrogen and oxygen atoms in total. The minimum Gasteiger partial charge on any atom is -0.497 e. The van der Waals surface area contributed by atoms with Gasteiger partial charge in [-0.1, -0.05) is 48.5 Å². The Hall–Kier alpha value is -4.38. The highest BCUT2D eigenvalue weighted by Gasteiger charge is 2.38. The summed E-state index contributed by atoms with van der Waals surface area (Å²) in [6.07, 6.45) is 0.205. The van der Waals surface area contributed by atoms with E-state index in [0.29, 0.717) is 28.3 Å². The van der Waals surface area contributed by atoms with Gasteiger partial charge in [0.1, 0.15) is 17.2 Å². The number of hydrogen-bond donors (Lipinski definition) is 0. The maximum atomic E-state index is 13.3. The number of fused-ring (bicyclic) bond motifs is 1. The van der Waals surface area contributed by atoms with Crippen LogP contribution in [0.25, 0.3) is 0 Å². The van der Waals surface area contributed by atoms with Crippen molar-refractivity contribution in [1.82, 2.24) is 0 Å². The van der Waals surface area contributed by atoms with Crippen molar-refractivity contribution in [1.29, 1.82) is 0 Å². The van der Waals surface area contributed by atoms with Crippen LogP contribution in [0.4, 0.5) is 5.69 Å². The second-order valence-electron chi connectivity index (χ2n) is 8.04. The molecule has 0 bridgehead atoms. The molecule has 168 valence electrons. The van der Waals surface area contributed by atoms with Gasteiger partial charge >= 0.3 is 0 Å². The average Bonchev–Trinajstić information content (AvgIpc) is 3.17. The van der Waals surface area contributed by atoms with Gasteiger partial charge in [0, 0.05) is 23.2 Å². The van der Waals surface area contributed by atoms with Crippen molar-refractivity contribution in [2.24, 2.45) is 0 Å². The van der Waals surface area contributed by atoms with Crippen molar-refractivity contribution >= 4 is 17.4 Å². The standard InChI is InChI=1S/C29H23NO4/c1-33-22-15-17-24(18-16-22)34-23-13-11-21(12-14-23)30-27(19-28(31)20-7-3-2-4-8-20)25-9-5-6-10-26(25)29(30)32/h2-18,27H,19H2,1H3. The summed E-state index contributed by atoms with van der Waals surface area (Å²) >= 11 is 0. The van der Waals surface area contributed by atoms with Crippen LogP contribution < -0.4 is 14.4 Å². The molecule has 5 rings (SSSR count). The molecule has 0 spiro atoms. The largest absolute Gasteiger partial charge is 0.497 e. The van der Waals surface area contributed by atoms with E-state index >= 15 is 0 Å². The number of ketones is 1. The van der Waals surface area contributed by atoms with Crippen LogP contribution in [-0.4, -0.2) is 18.8 Å². The molecule has 0 N–H and O–H groups in total. The average molecular weight is 450 g/mol. The predicted octanol–water partition coefficient (Wildman–Crippen LogP) is 6.46. The number of rotatable bonds is 7. The minimum atomic E-state index is -0.371. The zero-order valence-electron chi connectivity index (χ0n) is 18.7. The summed E-state index contributed by atoms with van der Waals surface area (Å²) in [7, 11) is 1.62. The first-order valence-corrected chi connectivity index (χ1v) is 11.1. The molecule has 0 saturated carbocycles. The fourth-order valence-electron chi connectivity index (χ4n) is 4.26. The predicted molar refractivity (Wildman–Crippen MR) is 131 cm³/mol. The highest BCUT2D eigenvalue weighted by molar-refractivity contribution is 6.12. The normalized spacial score (nSPS) is 14.6. The van der Waals surface area contributed by atoms with Crippen LogP contribution in [0.2, 0.25) is 0 Å². The highest BCUT2D eigenvalue weighted by atomic mass is 16.5. The lowest BCUT2D eigenvalue weighted by Gasteiger charge is -2.25. The Morgan fingerprint density at radius 3 is 2.03 bits per heavy atom. The van der Waals surface area contributed by atoms with Crippen LogP contribution in [0.3, 0.4) is 0 Å². The number of ether oxygens (including phenoxy) is 2. The Kier molecular flexibility index (Phi) is 5.83. The molecule has 0 saturated heterocycles. The second kappa shape index (κ2) is 9.24. The molecular weight excluding hydrogens is 426 g/mol. The Balaban J connectivity index is 1.41. The molecule has 0 aliphatic carbocycles. The Labute approximate surface area is 198 Å². The van der Waals surface area contributed by atoms with E-state index in [1.807, 2.05) is 91.0 Å². The Morgan fingerprint density at radius 2 is 1.35 bits per heavy atom. The molecular formula is C29H23NO4. The fourth-order valence-corrected chi connectivity index (χ4v) is 4.26. The number of amides is 1. The summed E-state index contributed by atoms with van der Waals surface area (Å²) in [5.74, 6) is 1.98. The Morgan fingerprint density at radius 1 is 0.765 bits per heavy atom. The third-order valence-corrected chi connectivity index (χ3v) is 5.97. The molecule has 1 amide bonds. The van der Waals surface area contributed by atoms with E-state index in [0.717, 1.165) is 11.3 Å². The molecule has 5 heteroatoms. The third kappa shape index (κ3) is 4.16. The Bertz CT molecular complexity index is 1310. The van der Waals surface area contributed by atoms with Gasteiger partial charge in [-0.15, -0.1) is 0 Å². The zero-order valence-corrected chi connectivity index (χ0v) is 18.7. The van der Waals surface area contributed by atoms with Gasteiger partial charge in [-0.2, -0.15) is 0 Å². The fraction of sp³-hybridized carbons (Fsp3) is 0.103. The third-order valence-electron chi connectivity index (χ3n) is 5.97. The van der Waals surface area contributed by atoms with E-state index in [2.05, 4.69) is 0 Å². The van der Waals surface area contributed by atoms with Crippen molar-refractivity contribution in [2.45, 2.75) is 12.5 Å². The lowest BCUT2D eigenvalue weighted by atomic mass is 9.97. The first-order chi connectivity index (χ1) is 16.6. The van der Waals surface area contributed by atoms with Gasteiger partial charge < -0.3 is 14.4 Å². The van der Waals surface area contributed by atoms with Gasteiger partial charge in [0.2, 0.25) is 0 Å². The smallest absolute Gasteiger partial charge is 0.259 e. The van der Waals surface area contributed by atoms with Crippen molar-refractivity contribution < 1.29 is 19.1 Å². The van der Waals surface area contributed by atoms with Crippen LogP contribution in [0.15, 0.2) is 103 Å². The van der Waals surface area contributed by atoms with Gasteiger partial charge in [0.15, 0.2) is 5.78 Å². The van der Waals surface area contributed by atoms with Crippen molar-refractivity contribution in [3.63, 3.8) is 0 Å². The zero-order chi connectivity index (χ0) is 23.5. The van der Waals surface area contributed by atoms with E-state index in [1.165, 1.54) is 0 Å². The van der Waals surface area contributed by atoms with Crippen LogP contribution in [0.1, 0.15) is 38.7 Å². The van der Waals surface area contributed by atoms with Crippen LogP contribution >= 0.6 is 0 Å². The molecule has 1 heterocycles. The molecule has 0 aromatic heterocycles. The van der Waals surface area contributed by atoms with Gasteiger partial charge in [0.25, 0.3) is 5.91 Å². The van der Waals surface area contributed by atoms with Gasteiger partial charge in [-0.25, -0.2) is 0 Å². The van der Waals surface area contributed by atoms with E-state index in [9.17, 15) is 9.59 Å². The van der Waals surface area contributed by atoms with E-state index in [1.54, 1.807) is 24.1 Å². The minimum absolute atomic E-state index is 0.000405. The number of nitrogens with zero attached hydrogens (tertiary/aromatic N) is 1. The number of benzene rings is 4. The summed E-state index contributed by atoms with van der Waals surface area (Å²) in [5, 5.41) is 0. The first kappa shape index (κ1) is 21.5. The molecule has 0 radical (unpaired) electrons. The lowest BCUT2D eigenvalue weighted by molar-refractivity contribution is 0.0960. The van der Waals surface area contributed by atoms with Crippen molar-refractivity contribution in [2.75, 3.05) is 12.0 Å². The quantitative estimate of drug-likeness (QED) is 0.304. The topological polar surface area (TPSA) is 55.8 Å².